The van der Waals surface area contributed by atoms with E-state index in [1.807, 2.05) is 0 Å². The molecule has 0 spiro atoms. The van der Waals surface area contributed by atoms with Gasteiger partial charge < -0.3 is 10.2 Å². The van der Waals surface area contributed by atoms with Crippen LogP contribution >= 0.6 is 0 Å². The van der Waals surface area contributed by atoms with Crippen LogP contribution in [0.1, 0.15) is 0 Å². The molecular formula is C5H8N4O. The van der Waals surface area contributed by atoms with Crippen molar-refractivity contribution < 1.29 is 4.74 Å². The maximum atomic E-state index is 5.08. The Kier molecular flexibility index (Phi) is 2.01. The molecule has 1 aromatic rings. The maximum absolute atomic E-state index is 5.08. The first-order valence-corrected chi connectivity index (χ1v) is 2.69. The maximum Gasteiger partial charge on any atom is 0.218 e. The third kappa shape index (κ3) is 1.32. The summed E-state index contributed by atoms with van der Waals surface area (Å²) < 4.78 is 4.81. The van der Waals surface area contributed by atoms with Crippen LogP contribution in [0.15, 0.2) is 12.4 Å². The Morgan fingerprint density at radius 2 is 2.40 bits per heavy atom. The molecule has 0 aliphatic rings. The quantitative estimate of drug-likeness (QED) is 0.438. The third-order valence-corrected chi connectivity index (χ3v) is 0.999. The van der Waals surface area contributed by atoms with Gasteiger partial charge in [0.15, 0.2) is 0 Å². The van der Waals surface area contributed by atoms with Gasteiger partial charge in [0.25, 0.3) is 0 Å². The Bertz CT molecular complexity index is 195. The van der Waals surface area contributed by atoms with Gasteiger partial charge in [-0.2, -0.15) is 0 Å². The van der Waals surface area contributed by atoms with Gasteiger partial charge in [-0.25, -0.2) is 15.8 Å². The van der Waals surface area contributed by atoms with E-state index in [1.54, 1.807) is 6.07 Å². The van der Waals surface area contributed by atoms with Gasteiger partial charge in [-0.15, -0.1) is 0 Å². The predicted octanol–water partition coefficient (Wildman–Crippen LogP) is -0.229. The third-order valence-electron chi connectivity index (χ3n) is 0.999. The molecule has 0 aliphatic carbocycles. The van der Waals surface area contributed by atoms with Crippen LogP contribution in [0, 0.1) is 0 Å². The van der Waals surface area contributed by atoms with E-state index in [-0.39, 0.29) is 0 Å². The summed E-state index contributed by atoms with van der Waals surface area (Å²) in [7, 11) is 1.53. The molecule has 0 saturated heterocycles. The summed E-state index contributed by atoms with van der Waals surface area (Å²) in [5.41, 5.74) is 2.37. The van der Waals surface area contributed by atoms with Gasteiger partial charge in [0, 0.05) is 6.07 Å². The standard InChI is InChI=1S/C5H8N4O/c1-10-5-2-4(9-6)7-3-8-5/h2-3H,6H2,1H3,(H,7,8,9). The SMILES string of the molecule is COc1cc(NN)ncn1. The highest BCUT2D eigenvalue weighted by Gasteiger charge is 1.93. The van der Waals surface area contributed by atoms with Crippen molar-refractivity contribution in [1.82, 2.24) is 9.97 Å². The number of nitrogen functional groups attached to an aromatic ring is 1. The van der Waals surface area contributed by atoms with Gasteiger partial charge in [-0.1, -0.05) is 0 Å². The molecule has 0 aromatic carbocycles. The summed E-state index contributed by atoms with van der Waals surface area (Å²) in [6.45, 7) is 0. The minimum Gasteiger partial charge on any atom is -0.481 e. The van der Waals surface area contributed by atoms with Crippen molar-refractivity contribution in [2.45, 2.75) is 0 Å². The molecule has 3 N–H and O–H groups in total. The molecule has 0 unspecified atom stereocenters. The largest absolute Gasteiger partial charge is 0.481 e. The molecule has 0 atom stereocenters. The minimum atomic E-state index is 0.489. The van der Waals surface area contributed by atoms with Gasteiger partial charge >= 0.3 is 0 Å². The molecule has 0 amide bonds. The van der Waals surface area contributed by atoms with Crippen molar-refractivity contribution in [3.8, 4) is 5.88 Å². The molecular weight excluding hydrogens is 132 g/mol. The number of nitrogens with two attached hydrogens (primary N) is 1. The van der Waals surface area contributed by atoms with E-state index in [1.165, 1.54) is 13.4 Å². The number of ether oxygens (including phenoxy) is 1. The van der Waals surface area contributed by atoms with Gasteiger partial charge in [-0.3, -0.25) is 0 Å². The normalized spacial score (nSPS) is 9.00. The number of hydrazine groups is 1. The molecule has 0 radical (unpaired) electrons. The van der Waals surface area contributed by atoms with Crippen LogP contribution in [-0.2, 0) is 0 Å². The van der Waals surface area contributed by atoms with Crippen LogP contribution in [0.3, 0.4) is 0 Å². The fourth-order valence-electron chi connectivity index (χ4n) is 0.530. The lowest BCUT2D eigenvalue weighted by atomic mass is 10.6. The van der Waals surface area contributed by atoms with Crippen LogP contribution in [0.25, 0.3) is 0 Å². The van der Waals surface area contributed by atoms with Crippen molar-refractivity contribution in [1.29, 1.82) is 0 Å². The van der Waals surface area contributed by atoms with Crippen LogP contribution in [0.4, 0.5) is 5.82 Å². The summed E-state index contributed by atoms with van der Waals surface area (Å²) in [5.74, 6) is 6.10. The van der Waals surface area contributed by atoms with Crippen molar-refractivity contribution in [3.05, 3.63) is 12.4 Å². The number of hydrogen-bond acceptors (Lipinski definition) is 5. The number of anilines is 1. The lowest BCUT2D eigenvalue weighted by molar-refractivity contribution is 0.397. The molecule has 0 fully saturated rings. The summed E-state index contributed by atoms with van der Waals surface area (Å²) in [6, 6.07) is 1.60. The van der Waals surface area contributed by atoms with Gasteiger partial charge in [0.05, 0.1) is 7.11 Å². The van der Waals surface area contributed by atoms with Gasteiger partial charge in [0.2, 0.25) is 5.88 Å². The molecule has 54 valence electrons. The zero-order chi connectivity index (χ0) is 7.40. The summed E-state index contributed by atoms with van der Waals surface area (Å²) in [6.07, 6.45) is 1.37. The second kappa shape index (κ2) is 2.98. The van der Waals surface area contributed by atoms with Gasteiger partial charge in [-0.05, 0) is 0 Å². The first-order valence-electron chi connectivity index (χ1n) is 2.69. The van der Waals surface area contributed by atoms with E-state index in [4.69, 9.17) is 10.6 Å². The lowest BCUT2D eigenvalue weighted by Gasteiger charge is -1.99. The lowest BCUT2D eigenvalue weighted by Crippen LogP contribution is -2.08. The first kappa shape index (κ1) is 6.76. The van der Waals surface area contributed by atoms with Crippen molar-refractivity contribution in [2.75, 3.05) is 12.5 Å². The monoisotopic (exact) mass is 140 g/mol. The number of hydrogen-bond donors (Lipinski definition) is 2. The topological polar surface area (TPSA) is 73.1 Å². The Balaban J connectivity index is 2.87. The predicted molar refractivity (Wildman–Crippen MR) is 36.4 cm³/mol. The molecule has 5 heteroatoms. The molecule has 0 saturated carbocycles. The highest BCUT2D eigenvalue weighted by molar-refractivity contribution is 5.35. The van der Waals surface area contributed by atoms with Crippen molar-refractivity contribution >= 4 is 5.82 Å². The van der Waals surface area contributed by atoms with Gasteiger partial charge in [0.1, 0.15) is 12.1 Å². The van der Waals surface area contributed by atoms with Crippen molar-refractivity contribution in [3.63, 3.8) is 0 Å². The Labute approximate surface area is 58.2 Å². The number of aromatic nitrogens is 2. The highest BCUT2D eigenvalue weighted by Crippen LogP contribution is 2.07. The van der Waals surface area contributed by atoms with E-state index in [2.05, 4.69) is 15.4 Å². The van der Waals surface area contributed by atoms with E-state index < -0.39 is 0 Å². The van der Waals surface area contributed by atoms with Crippen LogP contribution < -0.4 is 16.0 Å². The molecule has 1 aromatic heterocycles. The molecule has 0 aliphatic heterocycles. The van der Waals surface area contributed by atoms with Crippen molar-refractivity contribution in [2.24, 2.45) is 5.84 Å². The van der Waals surface area contributed by atoms with E-state index in [0.29, 0.717) is 11.7 Å². The summed E-state index contributed by atoms with van der Waals surface area (Å²) in [4.78, 5) is 7.56. The number of nitrogens with one attached hydrogen (secondary N) is 1. The number of rotatable bonds is 2. The first-order chi connectivity index (χ1) is 4.86. The molecule has 1 rings (SSSR count). The zero-order valence-corrected chi connectivity index (χ0v) is 5.53. The second-order valence-electron chi connectivity index (χ2n) is 1.59. The average molecular weight is 140 g/mol. The van der Waals surface area contributed by atoms with E-state index in [9.17, 15) is 0 Å². The van der Waals surface area contributed by atoms with E-state index >= 15 is 0 Å². The molecule has 10 heavy (non-hydrogen) atoms. The smallest absolute Gasteiger partial charge is 0.218 e. The Hall–Kier alpha value is -1.36. The number of methoxy groups -OCH3 is 1. The molecule has 1 heterocycles. The fourth-order valence-corrected chi connectivity index (χ4v) is 0.530. The fraction of sp³-hybridized carbons (Fsp3) is 0.200. The van der Waals surface area contributed by atoms with Crippen LogP contribution in [-0.4, -0.2) is 17.1 Å². The highest BCUT2D eigenvalue weighted by atomic mass is 16.5. The van der Waals surface area contributed by atoms with E-state index in [0.717, 1.165) is 0 Å². The zero-order valence-electron chi connectivity index (χ0n) is 5.53. The average Bonchev–Trinajstić information content (AvgIpc) is 2.05. The minimum absolute atomic E-state index is 0.489. The van der Waals surface area contributed by atoms with Crippen LogP contribution in [0.5, 0.6) is 5.88 Å². The number of nitrogens with zero attached hydrogens (tertiary/aromatic N) is 2. The second-order valence-corrected chi connectivity index (χ2v) is 1.59. The summed E-state index contributed by atoms with van der Waals surface area (Å²) >= 11 is 0. The summed E-state index contributed by atoms with van der Waals surface area (Å²) in [5, 5.41) is 0. The molecule has 0 bridgehead atoms. The Morgan fingerprint density at radius 1 is 1.60 bits per heavy atom. The Morgan fingerprint density at radius 3 is 3.00 bits per heavy atom. The van der Waals surface area contributed by atoms with Crippen LogP contribution in [0.2, 0.25) is 0 Å². The molecule has 5 nitrogen and oxygen atoms in total.